The van der Waals surface area contributed by atoms with E-state index in [9.17, 15) is 4.57 Å². The number of hydrogen-bond donors (Lipinski definition) is 0. The second-order valence-corrected chi connectivity index (χ2v) is 6.41. The van der Waals surface area contributed by atoms with Gasteiger partial charge < -0.3 is 9.05 Å². The van der Waals surface area contributed by atoms with E-state index in [0.29, 0.717) is 26.1 Å². The van der Waals surface area contributed by atoms with Gasteiger partial charge in [-0.2, -0.15) is 0 Å². The summed E-state index contributed by atoms with van der Waals surface area (Å²) in [5.74, 6) is 0. The van der Waals surface area contributed by atoms with Crippen LogP contribution < -0.4 is 0 Å². The van der Waals surface area contributed by atoms with Gasteiger partial charge in [0.1, 0.15) is 0 Å². The fourth-order valence-corrected chi connectivity index (χ4v) is 4.50. The van der Waals surface area contributed by atoms with Crippen LogP contribution in [0.15, 0.2) is 5.11 Å². The molecule has 0 aromatic rings. The number of azide groups is 1. The zero-order valence-corrected chi connectivity index (χ0v) is 11.4. The van der Waals surface area contributed by atoms with Gasteiger partial charge in [0.25, 0.3) is 0 Å². The lowest BCUT2D eigenvalue weighted by molar-refractivity contribution is 0.182. The van der Waals surface area contributed by atoms with Crippen molar-refractivity contribution >= 4 is 7.60 Å². The van der Waals surface area contributed by atoms with Gasteiger partial charge in [-0.25, -0.2) is 0 Å². The maximum atomic E-state index is 12.8. The average molecular weight is 261 g/mol. The molecular weight excluding hydrogens is 241 g/mol. The minimum Gasteiger partial charge on any atom is -0.308 e. The summed E-state index contributed by atoms with van der Waals surface area (Å²) in [6.07, 6.45) is 4.01. The van der Waals surface area contributed by atoms with E-state index in [-0.39, 0.29) is 0 Å². The van der Waals surface area contributed by atoms with Gasteiger partial charge in [-0.15, -0.1) is 0 Å². The van der Waals surface area contributed by atoms with E-state index in [1.807, 2.05) is 0 Å². The van der Waals surface area contributed by atoms with Gasteiger partial charge in [0.2, 0.25) is 0 Å². The number of rotatable bonds is 6. The first-order valence-corrected chi connectivity index (χ1v) is 7.64. The van der Waals surface area contributed by atoms with Gasteiger partial charge in [0.15, 0.2) is 5.28 Å². The van der Waals surface area contributed by atoms with Crippen molar-refractivity contribution in [1.82, 2.24) is 0 Å². The highest BCUT2D eigenvalue weighted by molar-refractivity contribution is 7.55. The predicted molar refractivity (Wildman–Crippen MR) is 65.8 cm³/mol. The van der Waals surface area contributed by atoms with Gasteiger partial charge in [-0.05, 0) is 32.2 Å². The zero-order valence-electron chi connectivity index (χ0n) is 10.5. The topological polar surface area (TPSA) is 84.3 Å². The van der Waals surface area contributed by atoms with Crippen LogP contribution in [0.2, 0.25) is 0 Å². The Morgan fingerprint density at radius 1 is 1.24 bits per heavy atom. The van der Waals surface area contributed by atoms with Crippen molar-refractivity contribution in [3.63, 3.8) is 0 Å². The third-order valence-corrected chi connectivity index (χ3v) is 5.75. The standard InChI is InChI=1S/C10H20N3O3P/c1-3-15-17(14,16-4-2)10(12-13-11)8-6-5-7-9-10/h3-9H2,1-2H3. The van der Waals surface area contributed by atoms with E-state index in [1.54, 1.807) is 13.8 Å². The van der Waals surface area contributed by atoms with Crippen molar-refractivity contribution in [2.24, 2.45) is 5.11 Å². The molecule has 0 heterocycles. The van der Waals surface area contributed by atoms with E-state index in [0.717, 1.165) is 19.3 Å². The quantitative estimate of drug-likeness (QED) is 0.310. The van der Waals surface area contributed by atoms with Crippen LogP contribution in [0, 0.1) is 0 Å². The maximum absolute atomic E-state index is 12.8. The lowest BCUT2D eigenvalue weighted by Crippen LogP contribution is -2.31. The normalized spacial score (nSPS) is 19.6. The first-order chi connectivity index (χ1) is 8.14. The third kappa shape index (κ3) is 3.02. The second-order valence-electron chi connectivity index (χ2n) is 4.07. The highest BCUT2D eigenvalue weighted by atomic mass is 31.2. The fraction of sp³-hybridized carbons (Fsp3) is 1.00. The molecule has 1 aliphatic rings. The van der Waals surface area contributed by atoms with E-state index < -0.39 is 12.9 Å². The number of hydrogen-bond acceptors (Lipinski definition) is 4. The minimum atomic E-state index is -3.36. The molecule has 17 heavy (non-hydrogen) atoms. The van der Waals surface area contributed by atoms with E-state index in [4.69, 9.17) is 14.6 Å². The minimum absolute atomic E-state index is 0.292. The van der Waals surface area contributed by atoms with Gasteiger partial charge in [0.05, 0.1) is 13.2 Å². The van der Waals surface area contributed by atoms with Crippen LogP contribution in [-0.4, -0.2) is 18.5 Å². The van der Waals surface area contributed by atoms with Crippen molar-refractivity contribution in [3.8, 4) is 0 Å². The largest absolute Gasteiger partial charge is 0.342 e. The van der Waals surface area contributed by atoms with Gasteiger partial charge >= 0.3 is 7.60 Å². The first kappa shape index (κ1) is 14.5. The molecule has 1 rings (SSSR count). The lowest BCUT2D eigenvalue weighted by Gasteiger charge is -2.37. The molecule has 1 saturated carbocycles. The summed E-state index contributed by atoms with van der Waals surface area (Å²) >= 11 is 0. The molecule has 0 radical (unpaired) electrons. The smallest absolute Gasteiger partial charge is 0.308 e. The highest BCUT2D eigenvalue weighted by Crippen LogP contribution is 2.65. The predicted octanol–water partition coefficient (Wildman–Crippen LogP) is 4.22. The summed E-state index contributed by atoms with van der Waals surface area (Å²) in [5, 5.41) is 2.80. The number of nitrogens with zero attached hydrogens (tertiary/aromatic N) is 3. The van der Waals surface area contributed by atoms with Crippen molar-refractivity contribution in [1.29, 1.82) is 0 Å². The molecule has 0 saturated heterocycles. The molecule has 0 aromatic carbocycles. The second kappa shape index (κ2) is 6.41. The molecule has 0 bridgehead atoms. The molecule has 98 valence electrons. The van der Waals surface area contributed by atoms with E-state index >= 15 is 0 Å². The molecule has 0 N–H and O–H groups in total. The molecule has 1 aliphatic carbocycles. The Morgan fingerprint density at radius 3 is 2.18 bits per heavy atom. The molecule has 0 unspecified atom stereocenters. The molecule has 1 fully saturated rings. The van der Waals surface area contributed by atoms with E-state index in [2.05, 4.69) is 10.0 Å². The molecule has 7 heteroatoms. The Hall–Kier alpha value is -0.540. The Balaban J connectivity index is 3.07. The van der Waals surface area contributed by atoms with Crippen LogP contribution >= 0.6 is 7.60 Å². The van der Waals surface area contributed by atoms with Crippen LogP contribution in [0.1, 0.15) is 46.0 Å². The zero-order chi connectivity index (χ0) is 12.8. The Morgan fingerprint density at radius 2 is 1.76 bits per heavy atom. The highest BCUT2D eigenvalue weighted by Gasteiger charge is 2.50. The van der Waals surface area contributed by atoms with Crippen molar-refractivity contribution in [3.05, 3.63) is 10.4 Å². The van der Waals surface area contributed by atoms with Crippen molar-refractivity contribution in [2.75, 3.05) is 13.2 Å². The Bertz CT molecular complexity index is 326. The van der Waals surface area contributed by atoms with E-state index in [1.165, 1.54) is 0 Å². The maximum Gasteiger partial charge on any atom is 0.342 e. The van der Waals surface area contributed by atoms with Crippen LogP contribution in [0.25, 0.3) is 10.4 Å². The molecule has 6 nitrogen and oxygen atoms in total. The fourth-order valence-electron chi connectivity index (χ4n) is 2.25. The van der Waals surface area contributed by atoms with Crippen molar-refractivity contribution < 1.29 is 13.6 Å². The van der Waals surface area contributed by atoms with Gasteiger partial charge in [0, 0.05) is 4.91 Å². The van der Waals surface area contributed by atoms with Crippen molar-refractivity contribution in [2.45, 2.75) is 51.2 Å². The Labute approximate surface area is 102 Å². The first-order valence-electron chi connectivity index (χ1n) is 6.09. The third-order valence-electron chi connectivity index (χ3n) is 2.99. The lowest BCUT2D eigenvalue weighted by atomic mass is 9.95. The van der Waals surface area contributed by atoms with Gasteiger partial charge in [-0.3, -0.25) is 4.57 Å². The summed E-state index contributed by atoms with van der Waals surface area (Å²) in [6, 6.07) is 0. The molecule has 0 aromatic heterocycles. The van der Waals surface area contributed by atoms with Crippen LogP contribution in [0.3, 0.4) is 0 Å². The summed E-state index contributed by atoms with van der Waals surface area (Å²) < 4.78 is 23.4. The van der Waals surface area contributed by atoms with Gasteiger partial charge in [-0.1, -0.05) is 24.4 Å². The molecule has 0 atom stereocenters. The average Bonchev–Trinajstić information content (AvgIpc) is 2.31. The summed E-state index contributed by atoms with van der Waals surface area (Å²) in [5.41, 5.74) is 8.71. The van der Waals surface area contributed by atoms with Crippen LogP contribution in [0.4, 0.5) is 0 Å². The molecule has 0 amide bonds. The summed E-state index contributed by atoms with van der Waals surface area (Å²) in [4.78, 5) is 2.85. The summed E-state index contributed by atoms with van der Waals surface area (Å²) in [7, 11) is -3.36. The monoisotopic (exact) mass is 261 g/mol. The SMILES string of the molecule is CCOP(=O)(OCC)C1(N=[N+]=[N-])CCCCC1. The van der Waals surface area contributed by atoms with Crippen LogP contribution in [0.5, 0.6) is 0 Å². The van der Waals surface area contributed by atoms with Crippen LogP contribution in [-0.2, 0) is 13.6 Å². The molecule has 0 spiro atoms. The molecule has 0 aliphatic heterocycles. The summed E-state index contributed by atoms with van der Waals surface area (Å²) in [6.45, 7) is 4.11. The Kier molecular flexibility index (Phi) is 5.47. The molecular formula is C10H20N3O3P.